The van der Waals surface area contributed by atoms with E-state index in [2.05, 4.69) is 32.6 Å². The Morgan fingerprint density at radius 2 is 1.64 bits per heavy atom. The van der Waals surface area contributed by atoms with Crippen molar-refractivity contribution in [1.29, 1.82) is 0 Å². The molecule has 0 heterocycles. The molecule has 0 aromatic heterocycles. The van der Waals surface area contributed by atoms with E-state index in [1.54, 1.807) is 24.3 Å². The summed E-state index contributed by atoms with van der Waals surface area (Å²) in [5, 5.41) is 0. The first-order valence-corrected chi connectivity index (χ1v) is 9.98. The van der Waals surface area contributed by atoms with Crippen LogP contribution in [0.4, 0.5) is 11.4 Å². The molecule has 0 bridgehead atoms. The summed E-state index contributed by atoms with van der Waals surface area (Å²) in [6, 6.07) is 13.4. The van der Waals surface area contributed by atoms with Crippen LogP contribution in [0.3, 0.4) is 0 Å². The average Bonchev–Trinajstić information content (AvgIpc) is 2.66. The van der Waals surface area contributed by atoms with Crippen molar-refractivity contribution in [2.75, 3.05) is 24.6 Å². The number of hydrogen-bond acceptors (Lipinski definition) is 5. The van der Waals surface area contributed by atoms with Crippen LogP contribution in [0.2, 0.25) is 0 Å². The maximum atomic E-state index is 12.9. The minimum Gasteiger partial charge on any atom is -0.493 e. The van der Waals surface area contributed by atoms with Crippen LogP contribution in [0.15, 0.2) is 42.5 Å². The number of para-hydroxylation sites is 1. The molecule has 2 aromatic carbocycles. The number of benzene rings is 2. The molecular formula is C23H33N3O2. The summed E-state index contributed by atoms with van der Waals surface area (Å²) in [7, 11) is 0. The maximum Gasteiger partial charge on any atom is 0.196 e. The molecular weight excluding hydrogens is 350 g/mol. The molecule has 0 radical (unpaired) electrons. The Morgan fingerprint density at radius 3 is 2.29 bits per heavy atom. The van der Waals surface area contributed by atoms with Gasteiger partial charge in [-0.2, -0.15) is 0 Å². The van der Waals surface area contributed by atoms with E-state index in [0.29, 0.717) is 46.9 Å². The van der Waals surface area contributed by atoms with Crippen molar-refractivity contribution in [3.05, 3.63) is 53.6 Å². The number of nitrogens with two attached hydrogens (primary N) is 2. The smallest absolute Gasteiger partial charge is 0.196 e. The van der Waals surface area contributed by atoms with E-state index in [0.717, 1.165) is 19.4 Å². The Morgan fingerprint density at radius 1 is 0.964 bits per heavy atom. The molecule has 0 aliphatic rings. The molecule has 0 fully saturated rings. The molecule has 0 aliphatic carbocycles. The Hall–Kier alpha value is -2.53. The highest BCUT2D eigenvalue weighted by atomic mass is 16.5. The number of carbonyl (C=O) groups excluding carboxylic acids is 1. The molecule has 0 unspecified atom stereocenters. The Balaban J connectivity index is 1.97. The fourth-order valence-electron chi connectivity index (χ4n) is 3.34. The second-order valence-corrected chi connectivity index (χ2v) is 7.65. The number of ketones is 1. The minimum atomic E-state index is -0.118. The third kappa shape index (κ3) is 5.73. The van der Waals surface area contributed by atoms with E-state index < -0.39 is 0 Å². The predicted molar refractivity (Wildman–Crippen MR) is 117 cm³/mol. The molecule has 0 saturated carbocycles. The Labute approximate surface area is 168 Å². The van der Waals surface area contributed by atoms with Gasteiger partial charge in [-0.25, -0.2) is 0 Å². The van der Waals surface area contributed by atoms with Crippen LogP contribution in [-0.4, -0.2) is 35.9 Å². The van der Waals surface area contributed by atoms with Crippen molar-refractivity contribution in [2.45, 2.75) is 52.6 Å². The lowest BCUT2D eigenvalue weighted by atomic mass is 10.0. The van der Waals surface area contributed by atoms with Crippen molar-refractivity contribution < 1.29 is 9.53 Å². The summed E-state index contributed by atoms with van der Waals surface area (Å²) in [5.41, 5.74) is 13.5. The van der Waals surface area contributed by atoms with Gasteiger partial charge < -0.3 is 16.2 Å². The molecule has 28 heavy (non-hydrogen) atoms. The highest BCUT2D eigenvalue weighted by molar-refractivity contribution is 6.11. The molecule has 4 N–H and O–H groups in total. The zero-order valence-electron chi connectivity index (χ0n) is 17.4. The molecule has 152 valence electrons. The van der Waals surface area contributed by atoms with Crippen LogP contribution in [0, 0.1) is 0 Å². The number of carbonyl (C=O) groups is 1. The summed E-state index contributed by atoms with van der Waals surface area (Å²) < 4.78 is 5.94. The zero-order chi connectivity index (χ0) is 20.7. The van der Waals surface area contributed by atoms with Crippen molar-refractivity contribution in [3.8, 4) is 5.75 Å². The van der Waals surface area contributed by atoms with Gasteiger partial charge in [0.1, 0.15) is 5.75 Å². The van der Waals surface area contributed by atoms with Gasteiger partial charge in [0.15, 0.2) is 5.78 Å². The van der Waals surface area contributed by atoms with Gasteiger partial charge in [0.05, 0.1) is 23.5 Å². The summed E-state index contributed by atoms with van der Waals surface area (Å²) in [6.07, 6.45) is 1.99. The van der Waals surface area contributed by atoms with E-state index in [-0.39, 0.29) is 5.78 Å². The fraction of sp³-hybridized carbons (Fsp3) is 0.435. The second kappa shape index (κ2) is 10.1. The number of anilines is 2. The topological polar surface area (TPSA) is 81.6 Å². The zero-order valence-corrected chi connectivity index (χ0v) is 17.4. The summed E-state index contributed by atoms with van der Waals surface area (Å²) in [5.74, 6) is 0.487. The number of hydrogen-bond donors (Lipinski definition) is 2. The summed E-state index contributed by atoms with van der Waals surface area (Å²) >= 11 is 0. The van der Waals surface area contributed by atoms with Gasteiger partial charge in [-0.3, -0.25) is 9.69 Å². The monoisotopic (exact) mass is 383 g/mol. The van der Waals surface area contributed by atoms with Crippen LogP contribution in [0.1, 0.15) is 56.5 Å². The standard InChI is InChI=1S/C23H33N3O2/c1-16(2)26(17(3)4)13-7-8-14-28-22-10-6-5-9-19(22)23(27)18-11-12-20(24)21(25)15-18/h5-6,9-12,15-17H,7-8,13-14,24-25H2,1-4H3. The average molecular weight is 384 g/mol. The molecule has 5 nitrogen and oxygen atoms in total. The Kier molecular flexibility index (Phi) is 7.88. The third-order valence-corrected chi connectivity index (χ3v) is 4.88. The molecule has 0 aliphatic heterocycles. The van der Waals surface area contributed by atoms with Crippen molar-refractivity contribution in [3.63, 3.8) is 0 Å². The molecule has 5 heteroatoms. The van der Waals surface area contributed by atoms with Gasteiger partial charge in [-0.15, -0.1) is 0 Å². The van der Waals surface area contributed by atoms with Crippen LogP contribution < -0.4 is 16.2 Å². The number of nitrogen functional groups attached to an aromatic ring is 2. The predicted octanol–water partition coefficient (Wildman–Crippen LogP) is 4.36. The summed E-state index contributed by atoms with van der Waals surface area (Å²) in [4.78, 5) is 15.4. The van der Waals surface area contributed by atoms with Crippen LogP contribution in [0.25, 0.3) is 0 Å². The lowest BCUT2D eigenvalue weighted by Gasteiger charge is -2.30. The van der Waals surface area contributed by atoms with E-state index in [1.807, 2.05) is 18.2 Å². The third-order valence-electron chi connectivity index (χ3n) is 4.88. The van der Waals surface area contributed by atoms with Gasteiger partial charge >= 0.3 is 0 Å². The van der Waals surface area contributed by atoms with E-state index in [9.17, 15) is 4.79 Å². The molecule has 2 aromatic rings. The van der Waals surface area contributed by atoms with Crippen LogP contribution in [0.5, 0.6) is 5.75 Å². The number of unbranched alkanes of at least 4 members (excludes halogenated alkanes) is 1. The SMILES string of the molecule is CC(C)N(CCCCOc1ccccc1C(=O)c1ccc(N)c(N)c1)C(C)C. The summed E-state index contributed by atoms with van der Waals surface area (Å²) in [6.45, 7) is 10.5. The first kappa shape index (κ1) is 21.8. The fourth-order valence-corrected chi connectivity index (χ4v) is 3.34. The van der Waals surface area contributed by atoms with Crippen molar-refractivity contribution >= 4 is 17.2 Å². The maximum absolute atomic E-state index is 12.9. The van der Waals surface area contributed by atoms with Gasteiger partial charge in [-0.05, 0) is 77.4 Å². The van der Waals surface area contributed by atoms with Gasteiger partial charge in [-0.1, -0.05) is 12.1 Å². The molecule has 0 spiro atoms. The number of ether oxygens (including phenoxy) is 1. The van der Waals surface area contributed by atoms with Gasteiger partial charge in [0.2, 0.25) is 0 Å². The first-order chi connectivity index (χ1) is 13.3. The van der Waals surface area contributed by atoms with E-state index >= 15 is 0 Å². The highest BCUT2D eigenvalue weighted by Gasteiger charge is 2.16. The largest absolute Gasteiger partial charge is 0.493 e. The lowest BCUT2D eigenvalue weighted by molar-refractivity contribution is 0.103. The van der Waals surface area contributed by atoms with Gasteiger partial charge in [0, 0.05) is 17.6 Å². The minimum absolute atomic E-state index is 0.118. The Bertz CT molecular complexity index is 779. The molecule has 0 amide bonds. The van der Waals surface area contributed by atoms with E-state index in [4.69, 9.17) is 16.2 Å². The molecule has 0 saturated heterocycles. The van der Waals surface area contributed by atoms with Crippen molar-refractivity contribution in [1.82, 2.24) is 4.90 Å². The first-order valence-electron chi connectivity index (χ1n) is 9.98. The van der Waals surface area contributed by atoms with E-state index in [1.165, 1.54) is 0 Å². The van der Waals surface area contributed by atoms with Crippen molar-refractivity contribution in [2.24, 2.45) is 0 Å². The quantitative estimate of drug-likeness (QED) is 0.362. The molecule has 2 rings (SSSR count). The lowest BCUT2D eigenvalue weighted by Crippen LogP contribution is -2.37. The number of nitrogens with zero attached hydrogens (tertiary/aromatic N) is 1. The highest BCUT2D eigenvalue weighted by Crippen LogP contribution is 2.24. The van der Waals surface area contributed by atoms with Gasteiger partial charge in [0.25, 0.3) is 0 Å². The normalized spacial score (nSPS) is 11.4. The second-order valence-electron chi connectivity index (χ2n) is 7.65. The van der Waals surface area contributed by atoms with Crippen LogP contribution in [-0.2, 0) is 0 Å². The molecule has 0 atom stereocenters. The van der Waals surface area contributed by atoms with Crippen LogP contribution >= 0.6 is 0 Å². The number of rotatable bonds is 10.